The molecule has 1 saturated heterocycles. The van der Waals surface area contributed by atoms with Gasteiger partial charge in [0.05, 0.1) is 3.79 Å². The van der Waals surface area contributed by atoms with E-state index in [9.17, 15) is 8.42 Å². The Hall–Kier alpha value is -0.410. The summed E-state index contributed by atoms with van der Waals surface area (Å²) in [5, 5.41) is 0. The standard InChI is InChI=1S/C16H18Br2N2O2S2/c1-11-3-4-12(2)14(9-11)19-5-7-20(8-6-19)24(21,22)15-10-13(17)16(18)23-15/h3-4,9-10H,5-8H2,1-2H3. The summed E-state index contributed by atoms with van der Waals surface area (Å²) in [6.07, 6.45) is 0. The zero-order chi connectivity index (χ0) is 17.5. The number of benzene rings is 1. The van der Waals surface area contributed by atoms with Gasteiger partial charge >= 0.3 is 0 Å². The van der Waals surface area contributed by atoms with Gasteiger partial charge in [0.2, 0.25) is 0 Å². The third kappa shape index (κ3) is 3.58. The van der Waals surface area contributed by atoms with E-state index in [1.807, 2.05) is 0 Å². The highest BCUT2D eigenvalue weighted by Gasteiger charge is 2.30. The van der Waals surface area contributed by atoms with Gasteiger partial charge in [0.1, 0.15) is 4.21 Å². The number of sulfonamides is 1. The third-order valence-electron chi connectivity index (χ3n) is 4.16. The fraction of sp³-hybridized carbons (Fsp3) is 0.375. The Kier molecular flexibility index (Phi) is 5.42. The Morgan fingerprint density at radius 2 is 1.71 bits per heavy atom. The molecule has 1 aliphatic rings. The fourth-order valence-corrected chi connectivity index (χ4v) is 7.21. The first-order valence-corrected chi connectivity index (χ1v) is 11.4. The van der Waals surface area contributed by atoms with Gasteiger partial charge in [-0.3, -0.25) is 0 Å². The quantitative estimate of drug-likeness (QED) is 0.636. The predicted octanol–water partition coefficient (Wildman–Crippen LogP) is 4.40. The summed E-state index contributed by atoms with van der Waals surface area (Å²) in [6.45, 7) is 6.59. The summed E-state index contributed by atoms with van der Waals surface area (Å²) in [4.78, 5) is 2.27. The minimum atomic E-state index is -3.42. The van der Waals surface area contributed by atoms with Crippen LogP contribution < -0.4 is 4.90 Å². The van der Waals surface area contributed by atoms with Crippen molar-refractivity contribution in [1.29, 1.82) is 0 Å². The highest BCUT2D eigenvalue weighted by atomic mass is 79.9. The van der Waals surface area contributed by atoms with Crippen LogP contribution in [0, 0.1) is 13.8 Å². The molecule has 0 N–H and O–H groups in total. The van der Waals surface area contributed by atoms with Crippen LogP contribution in [0.3, 0.4) is 0 Å². The second kappa shape index (κ2) is 7.07. The van der Waals surface area contributed by atoms with Crippen LogP contribution in [-0.2, 0) is 10.0 Å². The Balaban J connectivity index is 1.76. The van der Waals surface area contributed by atoms with Gasteiger partial charge in [0.25, 0.3) is 10.0 Å². The van der Waals surface area contributed by atoms with Gasteiger partial charge < -0.3 is 4.90 Å². The molecule has 2 aromatic rings. The Morgan fingerprint density at radius 3 is 2.29 bits per heavy atom. The van der Waals surface area contributed by atoms with E-state index in [-0.39, 0.29) is 0 Å². The van der Waals surface area contributed by atoms with Crippen LogP contribution >= 0.6 is 43.2 Å². The Bertz CT molecular complexity index is 837. The highest BCUT2D eigenvalue weighted by molar-refractivity contribution is 9.13. The zero-order valence-electron chi connectivity index (χ0n) is 13.4. The predicted molar refractivity (Wildman–Crippen MR) is 107 cm³/mol. The van der Waals surface area contributed by atoms with E-state index < -0.39 is 10.0 Å². The molecule has 0 atom stereocenters. The third-order valence-corrected chi connectivity index (χ3v) is 9.76. The Labute approximate surface area is 163 Å². The largest absolute Gasteiger partial charge is 0.369 e. The van der Waals surface area contributed by atoms with Crippen molar-refractivity contribution in [2.45, 2.75) is 18.1 Å². The number of halogens is 2. The summed E-state index contributed by atoms with van der Waals surface area (Å²) in [7, 11) is -3.42. The number of rotatable bonds is 3. The van der Waals surface area contributed by atoms with Crippen molar-refractivity contribution in [3.63, 3.8) is 0 Å². The molecule has 0 spiro atoms. The van der Waals surface area contributed by atoms with E-state index in [2.05, 4.69) is 68.8 Å². The van der Waals surface area contributed by atoms with Gasteiger partial charge in [-0.1, -0.05) is 12.1 Å². The summed E-state index contributed by atoms with van der Waals surface area (Å²) in [6, 6.07) is 8.06. The topological polar surface area (TPSA) is 40.6 Å². The first-order valence-electron chi connectivity index (χ1n) is 7.56. The summed E-state index contributed by atoms with van der Waals surface area (Å²) in [5.41, 5.74) is 3.65. The number of aryl methyl sites for hydroxylation is 2. The van der Waals surface area contributed by atoms with Gasteiger partial charge in [0, 0.05) is 36.3 Å². The van der Waals surface area contributed by atoms with Crippen molar-refractivity contribution >= 4 is 58.9 Å². The summed E-state index contributed by atoms with van der Waals surface area (Å²) < 4.78 is 29.1. The molecule has 0 aliphatic carbocycles. The van der Waals surface area contributed by atoms with Gasteiger partial charge in [-0.05, 0) is 69.0 Å². The lowest BCUT2D eigenvalue weighted by molar-refractivity contribution is 0.385. The Morgan fingerprint density at radius 1 is 1.04 bits per heavy atom. The maximum atomic E-state index is 12.8. The fourth-order valence-electron chi connectivity index (χ4n) is 2.81. The SMILES string of the molecule is Cc1ccc(C)c(N2CCN(S(=O)(=O)c3cc(Br)c(Br)s3)CC2)c1. The maximum absolute atomic E-state index is 12.8. The number of anilines is 1. The van der Waals surface area contributed by atoms with Crippen LogP contribution in [0.15, 0.2) is 36.7 Å². The van der Waals surface area contributed by atoms with Crippen LogP contribution in [-0.4, -0.2) is 38.9 Å². The molecule has 3 rings (SSSR count). The number of thiophene rings is 1. The molecule has 0 radical (unpaired) electrons. The molecule has 1 aromatic heterocycles. The van der Waals surface area contributed by atoms with Crippen LogP contribution in [0.25, 0.3) is 0 Å². The average Bonchev–Trinajstić information content (AvgIpc) is 2.90. The van der Waals surface area contributed by atoms with Crippen LogP contribution in [0.2, 0.25) is 0 Å². The van der Waals surface area contributed by atoms with Crippen LogP contribution in [0.4, 0.5) is 5.69 Å². The van der Waals surface area contributed by atoms with Crippen molar-refractivity contribution in [2.75, 3.05) is 31.1 Å². The van der Waals surface area contributed by atoms with Gasteiger partial charge in [-0.15, -0.1) is 11.3 Å². The van der Waals surface area contributed by atoms with E-state index in [1.165, 1.54) is 28.2 Å². The minimum Gasteiger partial charge on any atom is -0.369 e. The molecule has 1 aliphatic heterocycles. The van der Waals surface area contributed by atoms with E-state index in [1.54, 1.807) is 10.4 Å². The molecule has 0 amide bonds. The van der Waals surface area contributed by atoms with Crippen molar-refractivity contribution in [3.05, 3.63) is 43.7 Å². The van der Waals surface area contributed by atoms with Crippen molar-refractivity contribution < 1.29 is 8.42 Å². The summed E-state index contributed by atoms with van der Waals surface area (Å²) in [5.74, 6) is 0. The smallest absolute Gasteiger partial charge is 0.252 e. The lowest BCUT2D eigenvalue weighted by Crippen LogP contribution is -2.48. The van der Waals surface area contributed by atoms with E-state index in [0.717, 1.165) is 8.26 Å². The van der Waals surface area contributed by atoms with Gasteiger partial charge in [-0.2, -0.15) is 4.31 Å². The molecular weight excluding hydrogens is 476 g/mol. The molecule has 2 heterocycles. The molecule has 8 heteroatoms. The molecule has 24 heavy (non-hydrogen) atoms. The molecule has 1 fully saturated rings. The van der Waals surface area contributed by atoms with Crippen molar-refractivity contribution in [3.8, 4) is 0 Å². The number of piperazine rings is 1. The molecule has 1 aromatic carbocycles. The maximum Gasteiger partial charge on any atom is 0.252 e. The highest BCUT2D eigenvalue weighted by Crippen LogP contribution is 2.36. The molecular formula is C16H18Br2N2O2S2. The second-order valence-corrected chi connectivity index (χ2v) is 11.3. The average molecular weight is 494 g/mol. The first-order chi connectivity index (χ1) is 11.3. The normalized spacial score (nSPS) is 16.6. The van der Waals surface area contributed by atoms with E-state index in [4.69, 9.17) is 0 Å². The van der Waals surface area contributed by atoms with E-state index in [0.29, 0.717) is 30.4 Å². The molecule has 0 unspecified atom stereocenters. The number of nitrogens with zero attached hydrogens (tertiary/aromatic N) is 2. The molecule has 4 nitrogen and oxygen atoms in total. The monoisotopic (exact) mass is 492 g/mol. The summed E-state index contributed by atoms with van der Waals surface area (Å²) >= 11 is 7.97. The van der Waals surface area contributed by atoms with Gasteiger partial charge in [0.15, 0.2) is 0 Å². The zero-order valence-corrected chi connectivity index (χ0v) is 18.2. The second-order valence-electron chi connectivity index (χ2n) is 5.87. The number of hydrogen-bond donors (Lipinski definition) is 0. The van der Waals surface area contributed by atoms with Crippen molar-refractivity contribution in [2.24, 2.45) is 0 Å². The molecule has 0 bridgehead atoms. The number of hydrogen-bond acceptors (Lipinski definition) is 4. The van der Waals surface area contributed by atoms with Crippen LogP contribution in [0.5, 0.6) is 0 Å². The minimum absolute atomic E-state index is 0.376. The molecule has 0 saturated carbocycles. The van der Waals surface area contributed by atoms with Crippen molar-refractivity contribution in [1.82, 2.24) is 4.31 Å². The molecule has 130 valence electrons. The van der Waals surface area contributed by atoms with Gasteiger partial charge in [-0.25, -0.2) is 8.42 Å². The lowest BCUT2D eigenvalue weighted by Gasteiger charge is -2.36. The van der Waals surface area contributed by atoms with Crippen LogP contribution in [0.1, 0.15) is 11.1 Å². The first kappa shape index (κ1) is 18.4. The van der Waals surface area contributed by atoms with E-state index >= 15 is 0 Å². The lowest BCUT2D eigenvalue weighted by atomic mass is 10.1.